The minimum absolute atomic E-state index is 0.114. The van der Waals surface area contributed by atoms with Crippen LogP contribution in [0.2, 0.25) is 0 Å². The SMILES string of the molecule is Cc1nc(NC(=O)c2cc(-c3ccccc3)no2)nc(C)c1C. The number of aromatic nitrogens is 3. The molecule has 1 aromatic carbocycles. The fourth-order valence-corrected chi connectivity index (χ4v) is 2.12. The molecule has 0 spiro atoms. The van der Waals surface area contributed by atoms with Crippen LogP contribution in [0.15, 0.2) is 40.9 Å². The van der Waals surface area contributed by atoms with Gasteiger partial charge in [-0.15, -0.1) is 0 Å². The van der Waals surface area contributed by atoms with E-state index in [1.54, 1.807) is 6.07 Å². The van der Waals surface area contributed by atoms with Gasteiger partial charge < -0.3 is 4.52 Å². The molecule has 0 aliphatic rings. The second kappa shape index (κ2) is 6.00. The van der Waals surface area contributed by atoms with E-state index in [0.29, 0.717) is 5.69 Å². The maximum absolute atomic E-state index is 12.2. The molecule has 0 saturated heterocycles. The molecule has 3 aromatic rings. The minimum Gasteiger partial charge on any atom is -0.350 e. The van der Waals surface area contributed by atoms with Crippen molar-refractivity contribution in [3.05, 3.63) is 59.1 Å². The third kappa shape index (κ3) is 3.11. The summed E-state index contributed by atoms with van der Waals surface area (Å²) >= 11 is 0. The first-order chi connectivity index (χ1) is 11.0. The number of carbonyl (C=O) groups excluding carboxylic acids is 1. The highest BCUT2D eigenvalue weighted by molar-refractivity contribution is 6.01. The maximum Gasteiger partial charge on any atom is 0.296 e. The van der Waals surface area contributed by atoms with Crippen LogP contribution < -0.4 is 5.32 Å². The summed E-state index contributed by atoms with van der Waals surface area (Å²) in [4.78, 5) is 20.8. The predicted molar refractivity (Wildman–Crippen MR) is 86.1 cm³/mol. The summed E-state index contributed by atoms with van der Waals surface area (Å²) in [6, 6.07) is 11.1. The quantitative estimate of drug-likeness (QED) is 0.803. The van der Waals surface area contributed by atoms with Crippen LogP contribution in [0.5, 0.6) is 0 Å². The molecule has 2 aromatic heterocycles. The van der Waals surface area contributed by atoms with Crippen molar-refractivity contribution in [3.63, 3.8) is 0 Å². The molecule has 23 heavy (non-hydrogen) atoms. The van der Waals surface area contributed by atoms with Gasteiger partial charge in [0.1, 0.15) is 5.69 Å². The summed E-state index contributed by atoms with van der Waals surface area (Å²) < 4.78 is 5.12. The van der Waals surface area contributed by atoms with E-state index in [9.17, 15) is 4.79 Å². The van der Waals surface area contributed by atoms with Gasteiger partial charge in [0, 0.05) is 23.0 Å². The van der Waals surface area contributed by atoms with Crippen molar-refractivity contribution in [1.29, 1.82) is 0 Å². The Morgan fingerprint density at radius 1 is 1.04 bits per heavy atom. The lowest BCUT2D eigenvalue weighted by Gasteiger charge is -2.06. The van der Waals surface area contributed by atoms with Crippen molar-refractivity contribution >= 4 is 11.9 Å². The molecule has 1 N–H and O–H groups in total. The summed E-state index contributed by atoms with van der Waals surface area (Å²) in [5.74, 6) is -0.0565. The molecule has 0 atom stereocenters. The normalized spacial score (nSPS) is 10.6. The number of nitrogens with zero attached hydrogens (tertiary/aromatic N) is 3. The summed E-state index contributed by atoms with van der Waals surface area (Å²) in [7, 11) is 0. The molecular formula is C17H16N4O2. The Balaban J connectivity index is 1.81. The molecule has 0 radical (unpaired) electrons. The first-order valence-corrected chi connectivity index (χ1v) is 7.20. The van der Waals surface area contributed by atoms with Gasteiger partial charge in [0.25, 0.3) is 5.91 Å². The lowest BCUT2D eigenvalue weighted by Crippen LogP contribution is -2.14. The average molecular weight is 308 g/mol. The van der Waals surface area contributed by atoms with Gasteiger partial charge in [-0.3, -0.25) is 10.1 Å². The van der Waals surface area contributed by atoms with Crippen LogP contribution in [0.1, 0.15) is 27.5 Å². The first kappa shape index (κ1) is 14.9. The number of hydrogen-bond acceptors (Lipinski definition) is 5. The summed E-state index contributed by atoms with van der Waals surface area (Å²) in [5.41, 5.74) is 4.15. The number of hydrogen-bond donors (Lipinski definition) is 1. The van der Waals surface area contributed by atoms with Crippen molar-refractivity contribution < 1.29 is 9.32 Å². The van der Waals surface area contributed by atoms with E-state index in [4.69, 9.17) is 4.52 Å². The van der Waals surface area contributed by atoms with E-state index in [1.807, 2.05) is 51.1 Å². The lowest BCUT2D eigenvalue weighted by atomic mass is 10.1. The topological polar surface area (TPSA) is 80.9 Å². The molecule has 0 aliphatic heterocycles. The van der Waals surface area contributed by atoms with Crippen molar-refractivity contribution in [1.82, 2.24) is 15.1 Å². The van der Waals surface area contributed by atoms with Crippen molar-refractivity contribution in [2.75, 3.05) is 5.32 Å². The van der Waals surface area contributed by atoms with Crippen LogP contribution in [0, 0.1) is 20.8 Å². The molecule has 6 heteroatoms. The summed E-state index contributed by atoms with van der Waals surface area (Å²) in [6.07, 6.45) is 0. The van der Waals surface area contributed by atoms with E-state index in [2.05, 4.69) is 20.4 Å². The zero-order valence-electron chi connectivity index (χ0n) is 13.1. The number of anilines is 1. The Bertz CT molecular complexity index is 833. The number of amides is 1. The zero-order chi connectivity index (χ0) is 16.4. The van der Waals surface area contributed by atoms with Crippen molar-refractivity contribution in [2.24, 2.45) is 0 Å². The smallest absolute Gasteiger partial charge is 0.296 e. The molecule has 0 fully saturated rings. The van der Waals surface area contributed by atoms with Gasteiger partial charge in [-0.25, -0.2) is 9.97 Å². The third-order valence-corrected chi connectivity index (χ3v) is 3.66. The highest BCUT2D eigenvalue weighted by Crippen LogP contribution is 2.19. The van der Waals surface area contributed by atoms with Gasteiger partial charge in [0.15, 0.2) is 0 Å². The highest BCUT2D eigenvalue weighted by atomic mass is 16.5. The van der Waals surface area contributed by atoms with Crippen LogP contribution in [0.4, 0.5) is 5.95 Å². The van der Waals surface area contributed by atoms with Crippen LogP contribution in [-0.2, 0) is 0 Å². The second-order valence-electron chi connectivity index (χ2n) is 5.24. The summed E-state index contributed by atoms with van der Waals surface area (Å²) in [5, 5.41) is 6.56. The Hall–Kier alpha value is -3.02. The van der Waals surface area contributed by atoms with E-state index < -0.39 is 5.91 Å². The molecular weight excluding hydrogens is 292 g/mol. The number of carbonyl (C=O) groups is 1. The highest BCUT2D eigenvalue weighted by Gasteiger charge is 2.16. The van der Waals surface area contributed by atoms with Crippen molar-refractivity contribution in [3.8, 4) is 11.3 Å². The van der Waals surface area contributed by atoms with E-state index >= 15 is 0 Å². The molecule has 0 aliphatic carbocycles. The first-order valence-electron chi connectivity index (χ1n) is 7.20. The Morgan fingerprint density at radius 2 is 1.70 bits per heavy atom. The van der Waals surface area contributed by atoms with Crippen molar-refractivity contribution in [2.45, 2.75) is 20.8 Å². The Kier molecular flexibility index (Phi) is 3.89. The van der Waals surface area contributed by atoms with Crippen LogP contribution in [0.3, 0.4) is 0 Å². The maximum atomic E-state index is 12.2. The van der Waals surface area contributed by atoms with Gasteiger partial charge in [-0.05, 0) is 26.3 Å². The number of aryl methyl sites for hydroxylation is 2. The van der Waals surface area contributed by atoms with Crippen LogP contribution in [-0.4, -0.2) is 21.0 Å². The average Bonchev–Trinajstić information content (AvgIpc) is 3.03. The molecule has 1 amide bonds. The molecule has 0 unspecified atom stereocenters. The molecule has 2 heterocycles. The Labute approximate surface area is 133 Å². The van der Waals surface area contributed by atoms with Gasteiger partial charge in [0.05, 0.1) is 0 Å². The lowest BCUT2D eigenvalue weighted by molar-refractivity contribution is 0.0987. The third-order valence-electron chi connectivity index (χ3n) is 3.66. The zero-order valence-corrected chi connectivity index (χ0v) is 13.1. The Morgan fingerprint density at radius 3 is 2.35 bits per heavy atom. The molecule has 0 bridgehead atoms. The van der Waals surface area contributed by atoms with Gasteiger partial charge in [0.2, 0.25) is 11.7 Å². The van der Waals surface area contributed by atoms with E-state index in [0.717, 1.165) is 22.5 Å². The minimum atomic E-state index is -0.428. The summed E-state index contributed by atoms with van der Waals surface area (Å²) in [6.45, 7) is 5.70. The number of nitrogens with one attached hydrogen (secondary N) is 1. The molecule has 3 rings (SSSR count). The molecule has 0 saturated carbocycles. The molecule has 6 nitrogen and oxygen atoms in total. The number of rotatable bonds is 3. The predicted octanol–water partition coefficient (Wildman–Crippen LogP) is 3.31. The van der Waals surface area contributed by atoms with E-state index in [-0.39, 0.29) is 11.7 Å². The largest absolute Gasteiger partial charge is 0.350 e. The van der Waals surface area contributed by atoms with Crippen LogP contribution in [0.25, 0.3) is 11.3 Å². The van der Waals surface area contributed by atoms with Crippen LogP contribution >= 0.6 is 0 Å². The monoisotopic (exact) mass is 308 g/mol. The fourth-order valence-electron chi connectivity index (χ4n) is 2.12. The number of benzene rings is 1. The van der Waals surface area contributed by atoms with Gasteiger partial charge in [-0.2, -0.15) is 0 Å². The van der Waals surface area contributed by atoms with E-state index in [1.165, 1.54) is 0 Å². The fraction of sp³-hybridized carbons (Fsp3) is 0.176. The molecule has 116 valence electrons. The van der Waals surface area contributed by atoms with Gasteiger partial charge >= 0.3 is 0 Å². The second-order valence-corrected chi connectivity index (χ2v) is 5.24. The van der Waals surface area contributed by atoms with Gasteiger partial charge in [-0.1, -0.05) is 35.5 Å². The standard InChI is InChI=1S/C17H16N4O2/c1-10-11(2)18-17(19-12(10)3)20-16(22)15-9-14(21-23-15)13-7-5-4-6-8-13/h4-9H,1-3H3,(H,18,19,20,22).